The highest BCUT2D eigenvalue weighted by molar-refractivity contribution is 6.23. The number of carbonyl (C=O) groups is 3. The molecule has 0 aliphatic carbocycles. The minimum atomic E-state index is -0.663. The lowest BCUT2D eigenvalue weighted by atomic mass is 10.1. The number of nitrogens with zero attached hydrogens (tertiary/aromatic N) is 2. The molecule has 0 spiro atoms. The monoisotopic (exact) mass is 256 g/mol. The number of rotatable bonds is 2. The van der Waals surface area contributed by atoms with Crippen molar-refractivity contribution in [3.05, 3.63) is 47.7 Å². The normalized spacial score (nSPS) is 22.2. The number of likely N-dealkylation sites (tertiary alicyclic amines) is 1. The van der Waals surface area contributed by atoms with Crippen molar-refractivity contribution in [2.75, 3.05) is 6.54 Å². The van der Waals surface area contributed by atoms with Crippen molar-refractivity contribution in [2.24, 2.45) is 0 Å². The number of benzene rings is 1. The Labute approximate surface area is 110 Å². The van der Waals surface area contributed by atoms with Crippen molar-refractivity contribution in [3.63, 3.8) is 0 Å². The number of hydrogen-bond acceptors (Lipinski definition) is 3. The molecule has 0 aromatic heterocycles. The van der Waals surface area contributed by atoms with Crippen LogP contribution in [0.2, 0.25) is 0 Å². The number of β-lactam (4-membered cyclic amide) rings is 1. The van der Waals surface area contributed by atoms with Crippen LogP contribution >= 0.6 is 0 Å². The Bertz CT molecular complexity index is 586. The Morgan fingerprint density at radius 3 is 2.16 bits per heavy atom. The topological polar surface area (TPSA) is 57.7 Å². The van der Waals surface area contributed by atoms with Gasteiger partial charge in [0.2, 0.25) is 0 Å². The number of fused-ring (bicyclic) bond motifs is 1. The van der Waals surface area contributed by atoms with Crippen molar-refractivity contribution in [1.29, 1.82) is 0 Å². The predicted molar refractivity (Wildman–Crippen MR) is 67.3 cm³/mol. The lowest BCUT2D eigenvalue weighted by Crippen LogP contribution is -2.63. The van der Waals surface area contributed by atoms with E-state index < -0.39 is 6.04 Å². The molecule has 2 aliphatic heterocycles. The molecule has 1 aromatic rings. The molecule has 0 N–H and O–H groups in total. The highest BCUT2D eigenvalue weighted by atomic mass is 16.2. The number of hydrogen-bond donors (Lipinski definition) is 0. The molecule has 19 heavy (non-hydrogen) atoms. The fourth-order valence-electron chi connectivity index (χ4n) is 2.43. The van der Waals surface area contributed by atoms with E-state index in [1.165, 1.54) is 4.90 Å². The summed E-state index contributed by atoms with van der Waals surface area (Å²) in [5.41, 5.74) is 0.759. The maximum Gasteiger partial charge on any atom is 0.262 e. The van der Waals surface area contributed by atoms with E-state index in [1.807, 2.05) is 6.92 Å². The van der Waals surface area contributed by atoms with Gasteiger partial charge < -0.3 is 4.90 Å². The van der Waals surface area contributed by atoms with Crippen LogP contribution in [0.5, 0.6) is 0 Å². The Morgan fingerprint density at radius 2 is 1.68 bits per heavy atom. The first kappa shape index (κ1) is 11.6. The SMILES string of the molecule is C/C=C\N1CC(N2C(=O)c3ccccc3C2=O)C1=O. The van der Waals surface area contributed by atoms with Crippen LogP contribution in [0.3, 0.4) is 0 Å². The summed E-state index contributed by atoms with van der Waals surface area (Å²) in [6, 6.07) is 5.98. The molecule has 96 valence electrons. The summed E-state index contributed by atoms with van der Waals surface area (Å²) in [7, 11) is 0. The number of allylic oxidation sites excluding steroid dienone is 1. The van der Waals surface area contributed by atoms with Gasteiger partial charge in [0.1, 0.15) is 6.04 Å². The molecule has 0 radical (unpaired) electrons. The van der Waals surface area contributed by atoms with Crippen molar-refractivity contribution in [1.82, 2.24) is 9.80 Å². The Hall–Kier alpha value is -2.43. The molecule has 0 bridgehead atoms. The van der Waals surface area contributed by atoms with E-state index in [4.69, 9.17) is 0 Å². The van der Waals surface area contributed by atoms with Gasteiger partial charge in [-0.1, -0.05) is 18.2 Å². The third kappa shape index (κ3) is 1.51. The third-order valence-electron chi connectivity index (χ3n) is 3.40. The molecule has 1 saturated heterocycles. The molecule has 3 amide bonds. The van der Waals surface area contributed by atoms with Gasteiger partial charge in [0, 0.05) is 6.20 Å². The molecule has 3 rings (SSSR count). The zero-order valence-corrected chi connectivity index (χ0v) is 10.4. The summed E-state index contributed by atoms with van der Waals surface area (Å²) in [6.45, 7) is 2.18. The quantitative estimate of drug-likeness (QED) is 0.586. The second-order valence-corrected chi connectivity index (χ2v) is 4.51. The van der Waals surface area contributed by atoms with Crippen LogP contribution in [0.15, 0.2) is 36.5 Å². The average molecular weight is 256 g/mol. The van der Waals surface area contributed by atoms with E-state index in [0.29, 0.717) is 17.7 Å². The fraction of sp³-hybridized carbons (Fsp3) is 0.214. The van der Waals surface area contributed by atoms with E-state index in [9.17, 15) is 14.4 Å². The van der Waals surface area contributed by atoms with Gasteiger partial charge in [0.05, 0.1) is 17.7 Å². The minimum absolute atomic E-state index is 0.215. The lowest BCUT2D eigenvalue weighted by molar-refractivity contribution is -0.143. The van der Waals surface area contributed by atoms with Gasteiger partial charge in [0.25, 0.3) is 17.7 Å². The van der Waals surface area contributed by atoms with Crippen LogP contribution in [0.1, 0.15) is 27.6 Å². The summed E-state index contributed by atoms with van der Waals surface area (Å²) in [5, 5.41) is 0. The van der Waals surface area contributed by atoms with Gasteiger partial charge in [-0.15, -0.1) is 0 Å². The van der Waals surface area contributed by atoms with Crippen molar-refractivity contribution >= 4 is 17.7 Å². The Kier molecular flexibility index (Phi) is 2.48. The first-order valence-electron chi connectivity index (χ1n) is 6.05. The molecular weight excluding hydrogens is 244 g/mol. The molecule has 0 saturated carbocycles. The summed E-state index contributed by atoms with van der Waals surface area (Å²) in [4.78, 5) is 38.8. The molecule has 5 nitrogen and oxygen atoms in total. The zero-order valence-electron chi connectivity index (χ0n) is 10.4. The lowest BCUT2D eigenvalue weighted by Gasteiger charge is -2.39. The highest BCUT2D eigenvalue weighted by Gasteiger charge is 2.49. The van der Waals surface area contributed by atoms with Gasteiger partial charge in [-0.25, -0.2) is 0 Å². The first-order valence-corrected chi connectivity index (χ1v) is 6.05. The van der Waals surface area contributed by atoms with Crippen LogP contribution in [-0.2, 0) is 4.79 Å². The summed E-state index contributed by atoms with van der Waals surface area (Å²) < 4.78 is 0. The van der Waals surface area contributed by atoms with Crippen molar-refractivity contribution in [2.45, 2.75) is 13.0 Å². The summed E-state index contributed by atoms with van der Waals surface area (Å²) in [6.07, 6.45) is 3.40. The number of imide groups is 1. The highest BCUT2D eigenvalue weighted by Crippen LogP contribution is 2.28. The molecule has 1 aromatic carbocycles. The molecule has 2 aliphatic rings. The largest absolute Gasteiger partial charge is 0.315 e. The minimum Gasteiger partial charge on any atom is -0.315 e. The summed E-state index contributed by atoms with van der Waals surface area (Å²) >= 11 is 0. The first-order chi connectivity index (χ1) is 9.15. The molecule has 2 heterocycles. The van der Waals surface area contributed by atoms with E-state index in [0.717, 1.165) is 4.90 Å². The van der Waals surface area contributed by atoms with Gasteiger partial charge in [-0.05, 0) is 19.1 Å². The number of carbonyl (C=O) groups excluding carboxylic acids is 3. The van der Waals surface area contributed by atoms with Crippen LogP contribution in [0.4, 0.5) is 0 Å². The van der Waals surface area contributed by atoms with Gasteiger partial charge in [-0.2, -0.15) is 0 Å². The molecular formula is C14H12N2O3. The average Bonchev–Trinajstić information content (AvgIpc) is 2.67. The van der Waals surface area contributed by atoms with Crippen molar-refractivity contribution < 1.29 is 14.4 Å². The zero-order chi connectivity index (χ0) is 13.6. The fourth-order valence-corrected chi connectivity index (χ4v) is 2.43. The molecule has 1 unspecified atom stereocenters. The predicted octanol–water partition coefficient (Wildman–Crippen LogP) is 1.03. The molecule has 1 atom stereocenters. The standard InChI is InChI=1S/C14H12N2O3/c1-2-7-15-8-11(14(15)19)16-12(17)9-5-3-4-6-10(9)13(16)18/h2-7,11H,8H2,1H3/b7-2-. The molecule has 1 fully saturated rings. The van der Waals surface area contributed by atoms with Gasteiger partial charge in [0.15, 0.2) is 0 Å². The van der Waals surface area contributed by atoms with E-state index in [2.05, 4.69) is 0 Å². The maximum absolute atomic E-state index is 12.2. The van der Waals surface area contributed by atoms with Gasteiger partial charge >= 0.3 is 0 Å². The van der Waals surface area contributed by atoms with E-state index >= 15 is 0 Å². The maximum atomic E-state index is 12.2. The van der Waals surface area contributed by atoms with Crippen molar-refractivity contribution in [3.8, 4) is 0 Å². The molecule has 5 heteroatoms. The van der Waals surface area contributed by atoms with Crippen LogP contribution < -0.4 is 0 Å². The summed E-state index contributed by atoms with van der Waals surface area (Å²) in [5.74, 6) is -0.967. The smallest absolute Gasteiger partial charge is 0.262 e. The van der Waals surface area contributed by atoms with Crippen LogP contribution in [0, 0.1) is 0 Å². The Balaban J connectivity index is 1.88. The second-order valence-electron chi connectivity index (χ2n) is 4.51. The van der Waals surface area contributed by atoms with Crippen LogP contribution in [-0.4, -0.2) is 40.1 Å². The Morgan fingerprint density at radius 1 is 1.11 bits per heavy atom. The third-order valence-corrected chi connectivity index (χ3v) is 3.40. The second kappa shape index (κ2) is 4.05. The van der Waals surface area contributed by atoms with Gasteiger partial charge in [-0.3, -0.25) is 19.3 Å². The van der Waals surface area contributed by atoms with E-state index in [1.54, 1.807) is 36.5 Å². The van der Waals surface area contributed by atoms with Crippen LogP contribution in [0.25, 0.3) is 0 Å². The van der Waals surface area contributed by atoms with E-state index in [-0.39, 0.29) is 17.7 Å². The number of amides is 3.